The van der Waals surface area contributed by atoms with E-state index in [2.05, 4.69) is 0 Å². The standard InChI is InChI=1S/C30H34O15/c31-11-30-26(38)23(35)17(44-30)10-42-28(40)21-19(13-3-7-15(33)8-4-13)18(12-1-5-14(32)6-2-12)20(21)27(39)41-9-16-22(34)24(36)25(37)29(43-16)45-30/h1-8,16-26,29,31-38H,9-11H2/t16-,17-,18+,19-,20+,21-,22-,23+,24-,25-,26+,29-,30+/m1/s1. The molecule has 244 valence electrons. The minimum Gasteiger partial charge on any atom is -0.508 e. The predicted octanol–water partition coefficient (Wildman–Crippen LogP) is -2.06. The summed E-state index contributed by atoms with van der Waals surface area (Å²) in [4.78, 5) is 27.5. The molecule has 0 radical (unpaired) electrons. The van der Waals surface area contributed by atoms with Crippen molar-refractivity contribution in [2.75, 3.05) is 19.8 Å². The Balaban J connectivity index is 1.40. The molecule has 3 heterocycles. The van der Waals surface area contributed by atoms with Gasteiger partial charge in [-0.3, -0.25) is 9.59 Å². The lowest BCUT2D eigenvalue weighted by Crippen LogP contribution is -2.63. The molecule has 0 aromatic heterocycles. The molecule has 2 aromatic rings. The van der Waals surface area contributed by atoms with E-state index in [0.717, 1.165) is 0 Å². The van der Waals surface area contributed by atoms with Gasteiger partial charge in [-0.2, -0.15) is 0 Å². The number of fused-ring (bicyclic) bond motifs is 5. The van der Waals surface area contributed by atoms with Gasteiger partial charge in [-0.05, 0) is 35.4 Å². The van der Waals surface area contributed by atoms with Gasteiger partial charge in [0.1, 0.15) is 74.0 Å². The number of aromatic hydroxyl groups is 2. The fourth-order valence-corrected chi connectivity index (χ4v) is 6.68. The summed E-state index contributed by atoms with van der Waals surface area (Å²) in [6.07, 6.45) is -14.0. The molecule has 8 N–H and O–H groups in total. The molecule has 0 unspecified atom stereocenters. The van der Waals surface area contributed by atoms with Gasteiger partial charge >= 0.3 is 11.9 Å². The van der Waals surface area contributed by atoms with Crippen LogP contribution in [0.5, 0.6) is 11.5 Å². The van der Waals surface area contributed by atoms with Gasteiger partial charge in [-0.1, -0.05) is 24.3 Å². The van der Waals surface area contributed by atoms with Gasteiger partial charge in [0, 0.05) is 11.8 Å². The van der Waals surface area contributed by atoms with Gasteiger partial charge in [-0.25, -0.2) is 0 Å². The number of carbonyl (C=O) groups is 2. The van der Waals surface area contributed by atoms with E-state index in [4.69, 9.17) is 23.7 Å². The van der Waals surface area contributed by atoms with E-state index in [9.17, 15) is 50.4 Å². The van der Waals surface area contributed by atoms with E-state index in [1.165, 1.54) is 24.3 Å². The van der Waals surface area contributed by atoms with Gasteiger partial charge in [0.05, 0.1) is 11.8 Å². The first-order chi connectivity index (χ1) is 21.5. The summed E-state index contributed by atoms with van der Waals surface area (Å²) in [5.74, 6) is -7.97. The molecule has 13 atom stereocenters. The van der Waals surface area contributed by atoms with Crippen molar-refractivity contribution < 1.29 is 74.1 Å². The maximum atomic E-state index is 13.7. The number of benzene rings is 2. The Morgan fingerprint density at radius 2 is 1.11 bits per heavy atom. The number of ether oxygens (including phenoxy) is 5. The Morgan fingerprint density at radius 1 is 0.622 bits per heavy atom. The van der Waals surface area contributed by atoms with Crippen molar-refractivity contribution in [2.24, 2.45) is 11.8 Å². The SMILES string of the molecule is O=C1OC[C@H]2O[C@H](O[C@]3(CO)O[C@H](COC(=O)[C@H]4[C@@H]1[C@@H](c1ccc(O)cc1)[C@H]4c1ccc(O)cc1)[C@H](O)[C@@H]3O)[C@H](O)[C@H](O)[C@@H]2O. The maximum absolute atomic E-state index is 13.7. The molecular formula is C30H34O15. The maximum Gasteiger partial charge on any atom is 0.310 e. The van der Waals surface area contributed by atoms with Crippen LogP contribution in [0.25, 0.3) is 0 Å². The monoisotopic (exact) mass is 634 g/mol. The quantitative estimate of drug-likeness (QED) is 0.169. The second-order valence-corrected chi connectivity index (χ2v) is 11.7. The first kappa shape index (κ1) is 31.6. The summed E-state index contributed by atoms with van der Waals surface area (Å²) in [6.45, 7) is -2.39. The number of hydrogen-bond acceptors (Lipinski definition) is 15. The van der Waals surface area contributed by atoms with Crippen LogP contribution in [0.15, 0.2) is 48.5 Å². The van der Waals surface area contributed by atoms with Gasteiger partial charge in [0.2, 0.25) is 5.79 Å². The van der Waals surface area contributed by atoms with Crippen molar-refractivity contribution in [3.63, 3.8) is 0 Å². The Kier molecular flexibility index (Phi) is 8.49. The van der Waals surface area contributed by atoms with E-state index < -0.39 is 110 Å². The number of cyclic esters (lactones) is 2. The summed E-state index contributed by atoms with van der Waals surface area (Å²) >= 11 is 0. The number of aliphatic hydroxyl groups is 6. The Morgan fingerprint density at radius 3 is 1.60 bits per heavy atom. The highest BCUT2D eigenvalue weighted by molar-refractivity contribution is 5.87. The summed E-state index contributed by atoms with van der Waals surface area (Å²) in [7, 11) is 0. The fraction of sp³-hybridized carbons (Fsp3) is 0.533. The molecule has 45 heavy (non-hydrogen) atoms. The number of phenols is 2. The Bertz CT molecular complexity index is 1320. The molecule has 6 rings (SSSR count). The van der Waals surface area contributed by atoms with Gasteiger partial charge in [0.15, 0.2) is 6.29 Å². The van der Waals surface area contributed by atoms with E-state index in [1.54, 1.807) is 24.3 Å². The van der Waals surface area contributed by atoms with Crippen molar-refractivity contribution in [3.8, 4) is 11.5 Å². The van der Waals surface area contributed by atoms with Crippen LogP contribution in [0.3, 0.4) is 0 Å². The van der Waals surface area contributed by atoms with Gasteiger partial charge in [0.25, 0.3) is 0 Å². The van der Waals surface area contributed by atoms with Crippen molar-refractivity contribution in [3.05, 3.63) is 59.7 Å². The van der Waals surface area contributed by atoms with E-state index in [-0.39, 0.29) is 11.5 Å². The number of rotatable bonds is 3. The number of carbonyl (C=O) groups excluding carboxylic acids is 2. The zero-order valence-electron chi connectivity index (χ0n) is 23.6. The van der Waals surface area contributed by atoms with Crippen LogP contribution in [0.2, 0.25) is 0 Å². The fourth-order valence-electron chi connectivity index (χ4n) is 6.68. The number of aliphatic hydroxyl groups excluding tert-OH is 6. The van der Waals surface area contributed by atoms with Crippen LogP contribution in [-0.2, 0) is 33.3 Å². The molecule has 3 saturated heterocycles. The number of hydrogen-bond donors (Lipinski definition) is 8. The van der Waals surface area contributed by atoms with Crippen molar-refractivity contribution in [1.29, 1.82) is 0 Å². The Labute approximate surface area is 255 Å². The molecule has 0 amide bonds. The molecule has 2 aromatic carbocycles. The molecule has 3 aliphatic heterocycles. The minimum absolute atomic E-state index is 0.0305. The van der Waals surface area contributed by atoms with E-state index >= 15 is 0 Å². The number of phenolic OH excluding ortho intramolecular Hbond substituents is 2. The summed E-state index contributed by atoms with van der Waals surface area (Å²) in [5, 5.41) is 83.1. The van der Waals surface area contributed by atoms with Crippen LogP contribution in [-0.4, -0.2) is 127 Å². The van der Waals surface area contributed by atoms with Crippen LogP contribution in [0.4, 0.5) is 0 Å². The molecule has 1 saturated carbocycles. The third kappa shape index (κ3) is 5.43. The third-order valence-electron chi connectivity index (χ3n) is 9.14. The zero-order valence-corrected chi connectivity index (χ0v) is 23.6. The highest BCUT2D eigenvalue weighted by Gasteiger charge is 2.62. The molecule has 15 nitrogen and oxygen atoms in total. The molecule has 15 heteroatoms. The van der Waals surface area contributed by atoms with Crippen molar-refractivity contribution >= 4 is 11.9 Å². The topological polar surface area (TPSA) is 242 Å². The first-order valence-corrected chi connectivity index (χ1v) is 14.4. The third-order valence-corrected chi connectivity index (χ3v) is 9.14. The molecule has 4 bridgehead atoms. The molecule has 0 spiro atoms. The normalized spacial score (nSPS) is 41.9. The molecule has 4 aliphatic rings. The molecule has 1 aliphatic carbocycles. The van der Waals surface area contributed by atoms with Crippen LogP contribution in [0, 0.1) is 11.8 Å². The lowest BCUT2D eigenvalue weighted by atomic mass is 9.52. The van der Waals surface area contributed by atoms with Crippen molar-refractivity contribution in [1.82, 2.24) is 0 Å². The second-order valence-electron chi connectivity index (χ2n) is 11.7. The summed E-state index contributed by atoms with van der Waals surface area (Å²) in [5.41, 5.74) is 1.14. The van der Waals surface area contributed by atoms with Gasteiger partial charge in [-0.15, -0.1) is 0 Å². The predicted molar refractivity (Wildman–Crippen MR) is 145 cm³/mol. The first-order valence-electron chi connectivity index (χ1n) is 14.4. The average Bonchev–Trinajstić information content (AvgIpc) is 3.25. The second kappa shape index (κ2) is 12.1. The van der Waals surface area contributed by atoms with Crippen LogP contribution < -0.4 is 0 Å². The summed E-state index contributed by atoms with van der Waals surface area (Å²) < 4.78 is 27.9. The van der Waals surface area contributed by atoms with E-state index in [0.29, 0.717) is 11.1 Å². The highest BCUT2D eigenvalue weighted by Crippen LogP contribution is 2.59. The lowest BCUT2D eigenvalue weighted by Gasteiger charge is -2.50. The average molecular weight is 635 g/mol. The smallest absolute Gasteiger partial charge is 0.310 e. The number of esters is 2. The molecular weight excluding hydrogens is 600 g/mol. The van der Waals surface area contributed by atoms with E-state index in [1.807, 2.05) is 0 Å². The zero-order chi connectivity index (χ0) is 32.2. The highest BCUT2D eigenvalue weighted by atomic mass is 16.8. The van der Waals surface area contributed by atoms with Gasteiger partial charge < -0.3 is 64.5 Å². The minimum atomic E-state index is -2.40. The lowest BCUT2D eigenvalue weighted by molar-refractivity contribution is -0.383. The van der Waals surface area contributed by atoms with Crippen LogP contribution in [0.1, 0.15) is 23.0 Å². The van der Waals surface area contributed by atoms with Crippen LogP contribution >= 0.6 is 0 Å². The Hall–Kier alpha value is -3.38. The summed E-state index contributed by atoms with van der Waals surface area (Å²) in [6, 6.07) is 12.0. The molecule has 4 fully saturated rings. The largest absolute Gasteiger partial charge is 0.508 e. The van der Waals surface area contributed by atoms with Crippen molar-refractivity contribution in [2.45, 2.75) is 66.6 Å².